The minimum atomic E-state index is -1.63. The molecule has 1 N–H and O–H groups in total. The van der Waals surface area contributed by atoms with Crippen LogP contribution in [0.4, 0.5) is 17.1 Å². The number of hydrogen-bond acceptors (Lipinski definition) is 7. The van der Waals surface area contributed by atoms with Crippen LogP contribution in [0, 0.1) is 10.1 Å². The molecule has 0 aliphatic carbocycles. The third kappa shape index (κ3) is 2.97. The molecule has 2 aromatic rings. The van der Waals surface area contributed by atoms with E-state index in [1.54, 1.807) is 19.1 Å². The predicted octanol–water partition coefficient (Wildman–Crippen LogP) is 2.83. The number of carbonyl (C=O) groups excluding carboxylic acids is 1. The first kappa shape index (κ1) is 18.5. The summed E-state index contributed by atoms with van der Waals surface area (Å²) in [6, 6.07) is 14.6. The second kappa shape index (κ2) is 6.64. The van der Waals surface area contributed by atoms with Gasteiger partial charge in [-0.15, -0.1) is 0 Å². The van der Waals surface area contributed by atoms with Crippen LogP contribution < -0.4 is 10.0 Å². The van der Waals surface area contributed by atoms with Crippen molar-refractivity contribution in [2.75, 3.05) is 10.0 Å². The maximum atomic E-state index is 13.0. The van der Waals surface area contributed by atoms with Crippen LogP contribution in [0.25, 0.3) is 0 Å². The van der Waals surface area contributed by atoms with Crippen molar-refractivity contribution in [2.24, 2.45) is 10.2 Å². The average Bonchev–Trinajstić information content (AvgIpc) is 3.17. The summed E-state index contributed by atoms with van der Waals surface area (Å²) in [5.41, 5.74) is 0.410. The molecule has 0 aromatic heterocycles. The van der Waals surface area contributed by atoms with Crippen molar-refractivity contribution in [3.63, 3.8) is 0 Å². The summed E-state index contributed by atoms with van der Waals surface area (Å²) in [4.78, 5) is 23.4. The molecule has 1 atom stereocenters. The number of carbonyl (C=O) groups is 1. The van der Waals surface area contributed by atoms with E-state index < -0.39 is 10.6 Å². The van der Waals surface area contributed by atoms with Gasteiger partial charge in [-0.3, -0.25) is 14.9 Å². The van der Waals surface area contributed by atoms with Gasteiger partial charge < -0.3 is 5.11 Å². The van der Waals surface area contributed by atoms with Crippen LogP contribution in [0.5, 0.6) is 0 Å². The highest BCUT2D eigenvalue weighted by Crippen LogP contribution is 2.37. The number of hydrogen-bond donors (Lipinski definition) is 1. The zero-order valence-corrected chi connectivity index (χ0v) is 15.7. The van der Waals surface area contributed by atoms with Gasteiger partial charge in [0.25, 0.3) is 11.6 Å². The summed E-state index contributed by atoms with van der Waals surface area (Å²) in [5, 5.41) is 33.2. The monoisotopic (exact) mass is 391 g/mol. The molecule has 0 spiro atoms. The Hall–Kier alpha value is -3.85. The molecule has 0 saturated heterocycles. The number of nitro groups is 1. The quantitative estimate of drug-likeness (QED) is 0.491. The summed E-state index contributed by atoms with van der Waals surface area (Å²) in [6.07, 6.45) is 1.42. The van der Waals surface area contributed by atoms with Crippen molar-refractivity contribution >= 4 is 34.9 Å². The van der Waals surface area contributed by atoms with E-state index in [9.17, 15) is 20.0 Å². The lowest BCUT2D eigenvalue weighted by Crippen LogP contribution is -2.42. The maximum Gasteiger partial charge on any atom is 0.281 e. The van der Waals surface area contributed by atoms with Gasteiger partial charge >= 0.3 is 0 Å². The first-order valence-electron chi connectivity index (χ1n) is 8.81. The third-order valence-electron chi connectivity index (χ3n) is 4.82. The summed E-state index contributed by atoms with van der Waals surface area (Å²) in [7, 11) is 0. The van der Waals surface area contributed by atoms with E-state index in [-0.39, 0.29) is 17.2 Å². The highest BCUT2D eigenvalue weighted by Gasteiger charge is 2.44. The van der Waals surface area contributed by atoms with Crippen molar-refractivity contribution in [3.05, 3.63) is 75.9 Å². The third-order valence-corrected chi connectivity index (χ3v) is 4.82. The number of non-ortho nitro benzene ring substituents is 1. The van der Waals surface area contributed by atoms with Gasteiger partial charge in [0.15, 0.2) is 5.72 Å². The summed E-state index contributed by atoms with van der Waals surface area (Å²) < 4.78 is 0. The van der Waals surface area contributed by atoms with Gasteiger partial charge in [-0.1, -0.05) is 18.2 Å². The van der Waals surface area contributed by atoms with E-state index in [4.69, 9.17) is 0 Å². The summed E-state index contributed by atoms with van der Waals surface area (Å²) in [6.45, 7) is 3.21. The number of benzene rings is 2. The van der Waals surface area contributed by atoms with Crippen molar-refractivity contribution in [1.82, 2.24) is 0 Å². The van der Waals surface area contributed by atoms with Crippen LogP contribution in [-0.2, 0) is 4.79 Å². The van der Waals surface area contributed by atoms with Gasteiger partial charge in [0.05, 0.1) is 33.8 Å². The highest BCUT2D eigenvalue weighted by atomic mass is 16.6. The molecule has 0 bridgehead atoms. The lowest BCUT2D eigenvalue weighted by Gasteiger charge is -2.30. The number of nitrogens with zero attached hydrogens (tertiary/aromatic N) is 5. The largest absolute Gasteiger partial charge is 0.365 e. The van der Waals surface area contributed by atoms with Crippen molar-refractivity contribution in [1.29, 1.82) is 0 Å². The first-order chi connectivity index (χ1) is 13.8. The molecule has 1 amide bonds. The summed E-state index contributed by atoms with van der Waals surface area (Å²) in [5.74, 6) is -0.360. The number of rotatable bonds is 3. The molecule has 146 valence electrons. The Labute approximate surface area is 166 Å². The molecule has 9 heteroatoms. The van der Waals surface area contributed by atoms with E-state index in [2.05, 4.69) is 10.2 Å². The highest BCUT2D eigenvalue weighted by molar-refractivity contribution is 6.32. The van der Waals surface area contributed by atoms with Crippen LogP contribution in [0.1, 0.15) is 13.8 Å². The first-order valence-corrected chi connectivity index (χ1v) is 8.81. The topological polar surface area (TPSA) is 112 Å². The molecule has 2 aliphatic heterocycles. The lowest BCUT2D eigenvalue weighted by atomic mass is 9.96. The number of para-hydroxylation sites is 1. The average molecular weight is 391 g/mol. The fraction of sp³-hybridized carbons (Fsp3) is 0.150. The molecular weight excluding hydrogens is 374 g/mol. The van der Waals surface area contributed by atoms with E-state index in [1.807, 2.05) is 18.2 Å². The van der Waals surface area contributed by atoms with E-state index >= 15 is 0 Å². The van der Waals surface area contributed by atoms with Gasteiger partial charge in [0.2, 0.25) is 0 Å². The molecular formula is C20H17N5O4. The number of nitro benzene ring substituents is 1. The van der Waals surface area contributed by atoms with Crippen LogP contribution in [0.3, 0.4) is 0 Å². The SMILES string of the molecule is CC1=NN(c2ccccc2)C(=O)/C1=C1\C=NN(c2ccc([N+](=O)[O-])cc2)C1(C)O. The number of aliphatic hydroxyl groups is 1. The van der Waals surface area contributed by atoms with Crippen LogP contribution in [0.2, 0.25) is 0 Å². The second-order valence-electron chi connectivity index (χ2n) is 6.78. The van der Waals surface area contributed by atoms with Crippen molar-refractivity contribution in [2.45, 2.75) is 19.6 Å². The Morgan fingerprint density at radius 2 is 1.72 bits per heavy atom. The smallest absolute Gasteiger partial charge is 0.281 e. The molecule has 2 heterocycles. The zero-order valence-electron chi connectivity index (χ0n) is 15.7. The van der Waals surface area contributed by atoms with Gasteiger partial charge in [-0.2, -0.15) is 15.2 Å². The molecule has 4 rings (SSSR count). The Morgan fingerprint density at radius 1 is 1.07 bits per heavy atom. The maximum absolute atomic E-state index is 13.0. The van der Waals surface area contributed by atoms with Crippen LogP contribution in [0.15, 0.2) is 75.9 Å². The van der Waals surface area contributed by atoms with Gasteiger partial charge in [0, 0.05) is 17.7 Å². The van der Waals surface area contributed by atoms with Crippen LogP contribution >= 0.6 is 0 Å². The Bertz CT molecular complexity index is 1090. The van der Waals surface area contributed by atoms with Gasteiger partial charge in [-0.25, -0.2) is 5.01 Å². The Balaban J connectivity index is 1.70. The normalized spacial score (nSPS) is 23.7. The zero-order chi connectivity index (χ0) is 20.8. The second-order valence-corrected chi connectivity index (χ2v) is 6.78. The standard InChI is InChI=1S/C20H17N5O4/c1-13-18(19(26)23(22-13)14-6-4-3-5-7-14)17-12-21-24(20(17,2)27)15-8-10-16(11-9-15)25(28)29/h3-12,27H,1-2H3/b18-17+. The molecule has 9 nitrogen and oxygen atoms in total. The van der Waals surface area contributed by atoms with E-state index in [1.165, 1.54) is 47.4 Å². The molecule has 29 heavy (non-hydrogen) atoms. The molecule has 0 radical (unpaired) electrons. The number of anilines is 2. The van der Waals surface area contributed by atoms with E-state index in [0.29, 0.717) is 22.7 Å². The fourth-order valence-electron chi connectivity index (χ4n) is 3.36. The fourth-order valence-corrected chi connectivity index (χ4v) is 3.36. The molecule has 0 saturated carbocycles. The lowest BCUT2D eigenvalue weighted by molar-refractivity contribution is -0.384. The number of amides is 1. The van der Waals surface area contributed by atoms with Crippen molar-refractivity contribution in [3.8, 4) is 0 Å². The molecule has 1 unspecified atom stereocenters. The van der Waals surface area contributed by atoms with E-state index in [0.717, 1.165) is 0 Å². The van der Waals surface area contributed by atoms with Crippen molar-refractivity contribution < 1.29 is 14.8 Å². The Morgan fingerprint density at radius 3 is 2.34 bits per heavy atom. The van der Waals surface area contributed by atoms with Crippen LogP contribution in [-0.4, -0.2) is 33.6 Å². The van der Waals surface area contributed by atoms with Gasteiger partial charge in [-0.05, 0) is 38.1 Å². The minimum absolute atomic E-state index is 0.0670. The molecule has 2 aliphatic rings. The molecule has 0 fully saturated rings. The Kier molecular flexibility index (Phi) is 4.24. The minimum Gasteiger partial charge on any atom is -0.365 e. The molecule has 2 aromatic carbocycles. The number of hydrazone groups is 2. The summed E-state index contributed by atoms with van der Waals surface area (Å²) >= 11 is 0. The van der Waals surface area contributed by atoms with Gasteiger partial charge in [0.1, 0.15) is 0 Å². The predicted molar refractivity (Wildman–Crippen MR) is 109 cm³/mol.